The first kappa shape index (κ1) is 15.2. The lowest BCUT2D eigenvalue weighted by atomic mass is 10.0. The molecule has 1 aliphatic heterocycles. The minimum Gasteiger partial charge on any atom is -0.465 e. The van der Waals surface area contributed by atoms with Gasteiger partial charge in [0.25, 0.3) is 0 Å². The topological polar surface area (TPSA) is 60.8 Å². The number of carbonyl (C=O) groups is 1. The Kier molecular flexibility index (Phi) is 9.00. The van der Waals surface area contributed by atoms with Crippen molar-refractivity contribution >= 4 is 6.09 Å². The van der Waals surface area contributed by atoms with Crippen molar-refractivity contribution in [2.45, 2.75) is 52.0 Å². The van der Waals surface area contributed by atoms with Crippen LogP contribution in [0, 0.1) is 6.42 Å². The lowest BCUT2D eigenvalue weighted by molar-refractivity contribution is 0.0949. The van der Waals surface area contributed by atoms with Crippen LogP contribution in [0.3, 0.4) is 0 Å². The molecule has 1 unspecified atom stereocenters. The molecule has 1 rings (SSSR count). The summed E-state index contributed by atoms with van der Waals surface area (Å²) in [6.07, 6.45) is 5.97. The second-order valence-electron chi connectivity index (χ2n) is 3.95. The zero-order chi connectivity index (χ0) is 12.4. The molecule has 1 heterocycles. The highest BCUT2D eigenvalue weighted by Gasteiger charge is 2.25. The smallest absolute Gasteiger partial charge is 0.407 e. The molecule has 2 N–H and O–H groups in total. The maximum Gasteiger partial charge on any atom is 0.407 e. The highest BCUT2D eigenvalue weighted by molar-refractivity contribution is 5.65. The van der Waals surface area contributed by atoms with Gasteiger partial charge in [0.1, 0.15) is 0 Å². The van der Waals surface area contributed by atoms with Crippen molar-refractivity contribution in [3.63, 3.8) is 0 Å². The van der Waals surface area contributed by atoms with Gasteiger partial charge >= 0.3 is 6.09 Å². The molecule has 1 fully saturated rings. The molecule has 1 atom stereocenters. The Balaban J connectivity index is 0.000000487. The molecule has 95 valence electrons. The molecule has 1 saturated heterocycles. The quantitative estimate of drug-likeness (QED) is 0.783. The first-order valence-electron chi connectivity index (χ1n) is 6.05. The lowest BCUT2D eigenvalue weighted by Gasteiger charge is -2.33. The molecule has 1 aliphatic rings. The van der Waals surface area contributed by atoms with Gasteiger partial charge in [-0.3, -0.25) is 0 Å². The number of unbranched alkanes of at least 4 members (excludes halogenated alkanes) is 1. The molecule has 1 radical (unpaired) electrons. The van der Waals surface area contributed by atoms with Crippen LogP contribution in [0.1, 0.15) is 46.0 Å². The zero-order valence-corrected chi connectivity index (χ0v) is 10.4. The summed E-state index contributed by atoms with van der Waals surface area (Å²) >= 11 is 0. The van der Waals surface area contributed by atoms with Gasteiger partial charge in [-0.2, -0.15) is 0 Å². The molecule has 4 heteroatoms. The van der Waals surface area contributed by atoms with Gasteiger partial charge in [0, 0.05) is 19.2 Å². The third kappa shape index (κ3) is 5.95. The van der Waals surface area contributed by atoms with E-state index in [4.69, 9.17) is 10.2 Å². The Labute approximate surface area is 98.3 Å². The molecule has 0 aliphatic carbocycles. The van der Waals surface area contributed by atoms with Gasteiger partial charge in [0.2, 0.25) is 0 Å². The summed E-state index contributed by atoms with van der Waals surface area (Å²) in [6, 6.07) is 0.0428. The van der Waals surface area contributed by atoms with E-state index in [2.05, 4.69) is 20.3 Å². The van der Waals surface area contributed by atoms with Crippen LogP contribution in [0.25, 0.3) is 0 Å². The number of likely N-dealkylation sites (tertiary alicyclic amines) is 1. The van der Waals surface area contributed by atoms with Crippen LogP contribution < -0.4 is 0 Å². The van der Waals surface area contributed by atoms with Gasteiger partial charge in [-0.05, 0) is 32.1 Å². The Morgan fingerprint density at radius 1 is 1.50 bits per heavy atom. The SMILES string of the molecule is C[CH]CC.O=C(O)N1CCCCC1CCO. The fourth-order valence-electron chi connectivity index (χ4n) is 1.70. The van der Waals surface area contributed by atoms with Gasteiger partial charge in [-0.15, -0.1) is 0 Å². The highest BCUT2D eigenvalue weighted by Crippen LogP contribution is 2.19. The number of hydrogen-bond acceptors (Lipinski definition) is 2. The molecule has 0 spiro atoms. The predicted octanol–water partition coefficient (Wildman–Crippen LogP) is 2.52. The van der Waals surface area contributed by atoms with E-state index in [0.717, 1.165) is 19.3 Å². The monoisotopic (exact) mass is 230 g/mol. The van der Waals surface area contributed by atoms with Gasteiger partial charge in [-0.1, -0.05) is 20.3 Å². The van der Waals surface area contributed by atoms with Crippen molar-refractivity contribution in [1.29, 1.82) is 0 Å². The first-order chi connectivity index (χ1) is 7.67. The molecule has 0 bridgehead atoms. The fourth-order valence-corrected chi connectivity index (χ4v) is 1.70. The predicted molar refractivity (Wildman–Crippen MR) is 64.3 cm³/mol. The number of carboxylic acid groups (broad SMARTS) is 1. The molecular weight excluding hydrogens is 206 g/mol. The molecule has 0 aromatic rings. The summed E-state index contributed by atoms with van der Waals surface area (Å²) in [7, 11) is 0. The van der Waals surface area contributed by atoms with Crippen LogP contribution in [0.15, 0.2) is 0 Å². The maximum absolute atomic E-state index is 10.7. The number of nitrogens with zero attached hydrogens (tertiary/aromatic N) is 1. The minimum absolute atomic E-state index is 0.0428. The van der Waals surface area contributed by atoms with Crippen LogP contribution in [-0.2, 0) is 0 Å². The van der Waals surface area contributed by atoms with E-state index in [9.17, 15) is 4.79 Å². The average Bonchev–Trinajstić information content (AvgIpc) is 2.30. The summed E-state index contributed by atoms with van der Waals surface area (Å²) in [5.74, 6) is 0. The molecule has 0 saturated carbocycles. The van der Waals surface area contributed by atoms with Gasteiger partial charge < -0.3 is 15.1 Å². The normalized spacial score (nSPS) is 19.9. The van der Waals surface area contributed by atoms with Crippen molar-refractivity contribution < 1.29 is 15.0 Å². The van der Waals surface area contributed by atoms with Gasteiger partial charge in [0.15, 0.2) is 0 Å². The molecular formula is C12H24NO3. The minimum atomic E-state index is -0.854. The number of rotatable bonds is 3. The van der Waals surface area contributed by atoms with Crippen LogP contribution in [0.2, 0.25) is 0 Å². The van der Waals surface area contributed by atoms with Crippen LogP contribution in [-0.4, -0.2) is 40.4 Å². The molecule has 1 amide bonds. The lowest BCUT2D eigenvalue weighted by Crippen LogP contribution is -2.43. The van der Waals surface area contributed by atoms with E-state index in [-0.39, 0.29) is 12.6 Å². The van der Waals surface area contributed by atoms with Gasteiger partial charge in [-0.25, -0.2) is 4.79 Å². The zero-order valence-electron chi connectivity index (χ0n) is 10.4. The van der Waals surface area contributed by atoms with Gasteiger partial charge in [0.05, 0.1) is 0 Å². The maximum atomic E-state index is 10.7. The Morgan fingerprint density at radius 2 is 2.12 bits per heavy atom. The summed E-state index contributed by atoms with van der Waals surface area (Å²) in [6.45, 7) is 4.88. The van der Waals surface area contributed by atoms with Crippen molar-refractivity contribution in [3.05, 3.63) is 6.42 Å². The number of aliphatic hydroxyl groups is 1. The van der Waals surface area contributed by atoms with Crippen LogP contribution in [0.4, 0.5) is 4.79 Å². The number of aliphatic hydroxyl groups excluding tert-OH is 1. The van der Waals surface area contributed by atoms with E-state index in [1.165, 1.54) is 11.3 Å². The van der Waals surface area contributed by atoms with Crippen molar-refractivity contribution in [2.24, 2.45) is 0 Å². The average molecular weight is 230 g/mol. The van der Waals surface area contributed by atoms with E-state index >= 15 is 0 Å². The van der Waals surface area contributed by atoms with E-state index in [1.807, 2.05) is 0 Å². The standard InChI is InChI=1S/C8H15NO3.C4H9/c10-6-4-7-3-1-2-5-9(7)8(11)12;1-3-4-2/h7,10H,1-6H2,(H,11,12);3H,4H2,1-2H3. The summed E-state index contributed by atoms with van der Waals surface area (Å²) in [5, 5.41) is 17.5. The summed E-state index contributed by atoms with van der Waals surface area (Å²) in [4.78, 5) is 12.1. The number of piperidine rings is 1. The first-order valence-corrected chi connectivity index (χ1v) is 6.05. The van der Waals surface area contributed by atoms with Crippen molar-refractivity contribution in [1.82, 2.24) is 4.90 Å². The second kappa shape index (κ2) is 9.46. The van der Waals surface area contributed by atoms with E-state index in [0.29, 0.717) is 13.0 Å². The van der Waals surface area contributed by atoms with E-state index < -0.39 is 6.09 Å². The third-order valence-electron chi connectivity index (χ3n) is 2.74. The summed E-state index contributed by atoms with van der Waals surface area (Å²) < 4.78 is 0. The Bertz CT molecular complexity index is 181. The third-order valence-corrected chi connectivity index (χ3v) is 2.74. The van der Waals surface area contributed by atoms with E-state index in [1.54, 1.807) is 0 Å². The van der Waals surface area contributed by atoms with Crippen LogP contribution in [0.5, 0.6) is 0 Å². The molecule has 0 aromatic heterocycles. The molecule has 16 heavy (non-hydrogen) atoms. The van der Waals surface area contributed by atoms with Crippen LogP contribution >= 0.6 is 0 Å². The highest BCUT2D eigenvalue weighted by atomic mass is 16.4. The largest absolute Gasteiger partial charge is 0.465 e. The summed E-state index contributed by atoms with van der Waals surface area (Å²) in [5.41, 5.74) is 0. The Hall–Kier alpha value is -0.770. The molecule has 0 aromatic carbocycles. The fraction of sp³-hybridized carbons (Fsp3) is 0.833. The number of hydrogen-bond donors (Lipinski definition) is 2. The van der Waals surface area contributed by atoms with Crippen molar-refractivity contribution in [2.75, 3.05) is 13.2 Å². The van der Waals surface area contributed by atoms with Crippen molar-refractivity contribution in [3.8, 4) is 0 Å². The second-order valence-corrected chi connectivity index (χ2v) is 3.95. The number of amides is 1. The Morgan fingerprint density at radius 3 is 2.56 bits per heavy atom. The molecule has 4 nitrogen and oxygen atoms in total.